The molecule has 0 unspecified atom stereocenters. The standard InChI is InChI=1S/C23H29IN4O5S3/c1-28-11-8-16(9-12-28)34-20-14-25-23(35-20)26-22(30)21(27-33-19(24)10-13-29)15-2-4-17(5-3-15)36(31,32)18-6-7-18/h2-5,14,16,18-19,29H,6-13H2,1H3,(H,25,26,30)/b27-21+/t19-/m1/s1. The van der Waals surface area contributed by atoms with E-state index in [-0.39, 0.29) is 22.5 Å². The molecule has 0 bridgehead atoms. The molecule has 9 nitrogen and oxygen atoms in total. The van der Waals surface area contributed by atoms with Crippen molar-refractivity contribution in [1.82, 2.24) is 9.88 Å². The average molecular weight is 665 g/mol. The van der Waals surface area contributed by atoms with Gasteiger partial charge in [0.2, 0.25) is 0 Å². The Labute approximate surface area is 233 Å². The summed E-state index contributed by atoms with van der Waals surface area (Å²) < 4.78 is 25.7. The fourth-order valence-electron chi connectivity index (χ4n) is 3.66. The Balaban J connectivity index is 1.47. The normalized spacial score (nSPS) is 18.7. The Bertz CT molecular complexity index is 1180. The minimum atomic E-state index is -3.34. The van der Waals surface area contributed by atoms with Crippen LogP contribution in [0.15, 0.2) is 44.7 Å². The lowest BCUT2D eigenvalue weighted by atomic mass is 10.1. The van der Waals surface area contributed by atoms with Crippen LogP contribution < -0.4 is 5.32 Å². The second kappa shape index (κ2) is 12.5. The highest BCUT2D eigenvalue weighted by Crippen LogP contribution is 2.36. The summed E-state index contributed by atoms with van der Waals surface area (Å²) in [6.45, 7) is 2.08. The monoisotopic (exact) mass is 664 g/mol. The van der Waals surface area contributed by atoms with Crippen molar-refractivity contribution in [2.24, 2.45) is 5.16 Å². The molecule has 2 aliphatic rings. The molecule has 1 amide bonds. The van der Waals surface area contributed by atoms with Crippen molar-refractivity contribution in [1.29, 1.82) is 0 Å². The predicted molar refractivity (Wildman–Crippen MR) is 151 cm³/mol. The Hall–Kier alpha value is -1.26. The molecule has 1 saturated carbocycles. The molecule has 1 aromatic heterocycles. The van der Waals surface area contributed by atoms with Crippen LogP contribution in [-0.2, 0) is 19.5 Å². The zero-order valence-electron chi connectivity index (χ0n) is 19.8. The highest BCUT2D eigenvalue weighted by molar-refractivity contribution is 14.1. The lowest BCUT2D eigenvalue weighted by Crippen LogP contribution is -2.31. The predicted octanol–water partition coefficient (Wildman–Crippen LogP) is 3.77. The van der Waals surface area contributed by atoms with Crippen LogP contribution in [0.5, 0.6) is 0 Å². The lowest BCUT2D eigenvalue weighted by molar-refractivity contribution is -0.110. The minimum absolute atomic E-state index is 0.00435. The number of nitrogens with zero attached hydrogens (tertiary/aromatic N) is 3. The van der Waals surface area contributed by atoms with Gasteiger partial charge in [-0.2, -0.15) is 0 Å². The van der Waals surface area contributed by atoms with E-state index in [0.717, 1.165) is 30.1 Å². The number of thiazole rings is 1. The Kier molecular flexibility index (Phi) is 9.66. The van der Waals surface area contributed by atoms with E-state index >= 15 is 0 Å². The molecule has 0 spiro atoms. The number of benzene rings is 1. The van der Waals surface area contributed by atoms with E-state index < -0.39 is 19.9 Å². The summed E-state index contributed by atoms with van der Waals surface area (Å²) in [5.41, 5.74) is 0.428. The maximum absolute atomic E-state index is 13.2. The third-order valence-corrected chi connectivity index (χ3v) is 11.4. The number of hydrogen-bond acceptors (Lipinski definition) is 10. The molecule has 1 aromatic carbocycles. The summed E-state index contributed by atoms with van der Waals surface area (Å²) in [5.74, 6) is -0.509. The number of oxime groups is 1. The first-order valence-electron chi connectivity index (χ1n) is 11.7. The number of amides is 1. The number of piperidine rings is 1. The van der Waals surface area contributed by atoms with Gasteiger partial charge in [-0.15, -0.1) is 11.8 Å². The number of aromatic nitrogens is 1. The third-order valence-electron chi connectivity index (χ3n) is 5.90. The second-order valence-corrected chi connectivity index (χ2v) is 15.0. The topological polar surface area (TPSA) is 121 Å². The molecule has 1 aliphatic carbocycles. The smallest absolute Gasteiger partial charge is 0.280 e. The van der Waals surface area contributed by atoms with E-state index in [1.807, 2.05) is 22.6 Å². The van der Waals surface area contributed by atoms with E-state index in [1.54, 1.807) is 30.1 Å². The van der Waals surface area contributed by atoms with E-state index in [9.17, 15) is 13.2 Å². The van der Waals surface area contributed by atoms with Crippen molar-refractivity contribution in [3.05, 3.63) is 36.0 Å². The van der Waals surface area contributed by atoms with Crippen LogP contribution in [-0.4, -0.2) is 76.4 Å². The summed E-state index contributed by atoms with van der Waals surface area (Å²) >= 11 is 5.19. The van der Waals surface area contributed by atoms with Crippen LogP contribution in [0.25, 0.3) is 0 Å². The largest absolute Gasteiger partial charge is 0.396 e. The van der Waals surface area contributed by atoms with E-state index in [2.05, 4.69) is 27.4 Å². The zero-order chi connectivity index (χ0) is 25.7. The first-order valence-corrected chi connectivity index (χ1v) is 16.2. The van der Waals surface area contributed by atoms with Gasteiger partial charge in [-0.1, -0.05) is 28.6 Å². The maximum atomic E-state index is 13.2. The molecule has 36 heavy (non-hydrogen) atoms. The van der Waals surface area contributed by atoms with Gasteiger partial charge in [0.25, 0.3) is 5.91 Å². The molecule has 13 heteroatoms. The zero-order valence-corrected chi connectivity index (χ0v) is 24.4. The third kappa shape index (κ3) is 7.40. The first-order chi connectivity index (χ1) is 17.3. The van der Waals surface area contributed by atoms with E-state index in [1.165, 1.54) is 23.5 Å². The molecule has 2 fully saturated rings. The van der Waals surface area contributed by atoms with Crippen LogP contribution in [0.3, 0.4) is 0 Å². The van der Waals surface area contributed by atoms with Gasteiger partial charge in [-0.25, -0.2) is 13.4 Å². The van der Waals surface area contributed by atoms with Gasteiger partial charge in [-0.3, -0.25) is 10.1 Å². The van der Waals surface area contributed by atoms with Crippen molar-refractivity contribution in [3.8, 4) is 0 Å². The summed E-state index contributed by atoms with van der Waals surface area (Å²) in [7, 11) is -1.20. The number of likely N-dealkylation sites (tertiary alicyclic amines) is 1. The molecular formula is C23H29IN4O5S3. The van der Waals surface area contributed by atoms with Crippen molar-refractivity contribution < 1.29 is 23.2 Å². The van der Waals surface area contributed by atoms with Gasteiger partial charge in [0.05, 0.1) is 20.6 Å². The number of carbonyl (C=O) groups excluding carboxylic acids is 1. The molecule has 1 atom stereocenters. The number of sulfone groups is 1. The number of aliphatic hydroxyl groups is 1. The molecule has 2 aromatic rings. The van der Waals surface area contributed by atoms with Crippen molar-refractivity contribution >= 4 is 72.3 Å². The number of thioether (sulfide) groups is 1. The van der Waals surface area contributed by atoms with Crippen molar-refractivity contribution in [2.75, 3.05) is 32.1 Å². The SMILES string of the molecule is CN1CCC(Sc2cnc(NC(=O)/C(=N/O[C@@H](I)CCO)c3ccc(S(=O)(=O)C4CC4)cc3)s2)CC1. The van der Waals surface area contributed by atoms with Gasteiger partial charge < -0.3 is 14.8 Å². The Morgan fingerprint density at radius 1 is 1.31 bits per heavy atom. The van der Waals surface area contributed by atoms with Crippen LogP contribution in [0.2, 0.25) is 0 Å². The summed E-state index contributed by atoms with van der Waals surface area (Å²) in [6, 6.07) is 6.13. The highest BCUT2D eigenvalue weighted by Gasteiger charge is 2.36. The number of halogens is 1. The van der Waals surface area contributed by atoms with Crippen LogP contribution in [0, 0.1) is 0 Å². The molecule has 0 radical (unpaired) electrons. The van der Waals surface area contributed by atoms with Crippen molar-refractivity contribution in [3.63, 3.8) is 0 Å². The summed E-state index contributed by atoms with van der Waals surface area (Å²) in [5, 5.41) is 16.7. The molecular weight excluding hydrogens is 635 g/mol. The molecule has 2 N–H and O–H groups in total. The van der Waals surface area contributed by atoms with E-state index in [4.69, 9.17) is 9.94 Å². The molecule has 1 aliphatic heterocycles. The molecule has 2 heterocycles. The molecule has 1 saturated heterocycles. The Morgan fingerprint density at radius 2 is 2.00 bits per heavy atom. The van der Waals surface area contributed by atoms with E-state index in [0.29, 0.717) is 35.2 Å². The fraction of sp³-hybridized carbons (Fsp3) is 0.522. The number of anilines is 1. The number of hydrogen-bond donors (Lipinski definition) is 2. The van der Waals surface area contributed by atoms with Crippen LogP contribution in [0.4, 0.5) is 5.13 Å². The maximum Gasteiger partial charge on any atom is 0.280 e. The number of rotatable bonds is 11. The number of alkyl halides is 1. The second-order valence-electron chi connectivity index (χ2n) is 8.80. The molecule has 4 rings (SSSR count). The van der Waals surface area contributed by atoms with Crippen LogP contribution in [0.1, 0.15) is 37.7 Å². The first kappa shape index (κ1) is 27.8. The Morgan fingerprint density at radius 3 is 2.64 bits per heavy atom. The van der Waals surface area contributed by atoms with Gasteiger partial charge in [0, 0.05) is 23.8 Å². The van der Waals surface area contributed by atoms with Gasteiger partial charge in [-0.05, 0) is 80.5 Å². The van der Waals surface area contributed by atoms with Crippen LogP contribution >= 0.6 is 45.7 Å². The van der Waals surface area contributed by atoms with Gasteiger partial charge >= 0.3 is 0 Å². The number of carbonyl (C=O) groups is 1. The molecule has 196 valence electrons. The highest BCUT2D eigenvalue weighted by atomic mass is 127. The summed E-state index contributed by atoms with van der Waals surface area (Å²) in [4.78, 5) is 25.5. The lowest BCUT2D eigenvalue weighted by Gasteiger charge is -2.27. The van der Waals surface area contributed by atoms with Gasteiger partial charge in [0.15, 0.2) is 24.8 Å². The fourth-order valence-corrected chi connectivity index (χ4v) is 7.98. The minimum Gasteiger partial charge on any atom is -0.396 e. The summed E-state index contributed by atoms with van der Waals surface area (Å²) in [6.07, 6.45) is 5.72. The average Bonchev–Trinajstić information content (AvgIpc) is 3.63. The van der Waals surface area contributed by atoms with Crippen molar-refractivity contribution in [2.45, 2.75) is 55.8 Å². The number of nitrogens with one attached hydrogen (secondary N) is 1. The van der Waals surface area contributed by atoms with Gasteiger partial charge in [0.1, 0.15) is 0 Å². The number of aliphatic hydroxyl groups excluding tert-OH is 1. The quantitative estimate of drug-likeness (QED) is 0.161.